The van der Waals surface area contributed by atoms with Gasteiger partial charge in [-0.15, -0.1) is 0 Å². The van der Waals surface area contributed by atoms with Crippen LogP contribution in [0.2, 0.25) is 0 Å². The smallest absolute Gasteiger partial charge is 0.157 e. The second kappa shape index (κ2) is 8.00. The van der Waals surface area contributed by atoms with E-state index in [4.69, 9.17) is 0 Å². The molecule has 6 nitrogen and oxygen atoms in total. The molecule has 3 fully saturated rings. The van der Waals surface area contributed by atoms with E-state index in [1.54, 1.807) is 0 Å². The molecule has 0 amide bonds. The lowest BCUT2D eigenvalue weighted by Crippen LogP contribution is -2.50. The third kappa shape index (κ3) is 3.56. The molecule has 7 atom stereocenters. The van der Waals surface area contributed by atoms with Gasteiger partial charge in [-0.2, -0.15) is 0 Å². The molecule has 4 rings (SSSR count). The minimum atomic E-state index is -0.762. The monoisotopic (exact) mass is 458 g/mol. The Balaban J connectivity index is 1.85. The Bertz CT molecular complexity index is 927. The number of fused-ring (bicyclic) bond motifs is 3. The molecule has 0 bridgehead atoms. The molecule has 0 saturated heterocycles. The molecule has 0 spiro atoms. The number of aromatic hydroxyl groups is 3. The predicted octanol–water partition coefficient (Wildman–Crippen LogP) is 5.02. The molecule has 1 aromatic rings. The zero-order valence-electron chi connectivity index (χ0n) is 20.3. The minimum Gasteiger partial charge on any atom is -0.507 e. The van der Waals surface area contributed by atoms with Crippen molar-refractivity contribution in [3.8, 4) is 17.2 Å². The lowest BCUT2D eigenvalue weighted by molar-refractivity contribution is -0.109. The predicted molar refractivity (Wildman–Crippen MR) is 125 cm³/mol. The van der Waals surface area contributed by atoms with E-state index < -0.39 is 22.8 Å². The van der Waals surface area contributed by atoms with Crippen LogP contribution in [0.25, 0.3) is 0 Å². The van der Waals surface area contributed by atoms with E-state index in [1.165, 1.54) is 0 Å². The topological polar surface area (TPSA) is 115 Å². The SMILES string of the molecule is CC(C)C[C@H](c1c(O)c(C=O)c(O)c(C=O)c1O)[C@@H]1CCC(C)(O)[C@@H]2C3C(CC[C@@H]12)C3(C)C. The molecule has 3 aliphatic carbocycles. The number of carbonyl (C=O) groups excluding carboxylic acids is 2. The number of rotatable bonds is 6. The first-order valence-electron chi connectivity index (χ1n) is 12.3. The molecule has 182 valence electrons. The molecular formula is C27H38O6. The minimum absolute atomic E-state index is 0.0790. The van der Waals surface area contributed by atoms with Crippen molar-refractivity contribution in [3.05, 3.63) is 16.7 Å². The molecule has 1 aromatic carbocycles. The highest BCUT2D eigenvalue weighted by molar-refractivity contribution is 5.94. The van der Waals surface area contributed by atoms with Crippen molar-refractivity contribution in [2.24, 2.45) is 40.9 Å². The second-order valence-electron chi connectivity index (χ2n) is 12.0. The van der Waals surface area contributed by atoms with E-state index in [0.29, 0.717) is 37.2 Å². The summed E-state index contributed by atoms with van der Waals surface area (Å²) < 4.78 is 0. The second-order valence-corrected chi connectivity index (χ2v) is 12.0. The molecule has 33 heavy (non-hydrogen) atoms. The van der Waals surface area contributed by atoms with Gasteiger partial charge in [-0.1, -0.05) is 27.7 Å². The van der Waals surface area contributed by atoms with Crippen molar-refractivity contribution in [3.63, 3.8) is 0 Å². The quantitative estimate of drug-likeness (QED) is 0.445. The Morgan fingerprint density at radius 1 is 0.909 bits per heavy atom. The van der Waals surface area contributed by atoms with Gasteiger partial charge in [0.1, 0.15) is 17.2 Å². The van der Waals surface area contributed by atoms with Crippen LogP contribution in [-0.4, -0.2) is 38.6 Å². The van der Waals surface area contributed by atoms with Crippen LogP contribution in [0, 0.1) is 40.9 Å². The summed E-state index contributed by atoms with van der Waals surface area (Å²) in [6.07, 6.45) is 4.76. The van der Waals surface area contributed by atoms with Gasteiger partial charge in [0.25, 0.3) is 0 Å². The summed E-state index contributed by atoms with van der Waals surface area (Å²) in [5.41, 5.74) is -1.08. The first-order valence-corrected chi connectivity index (χ1v) is 12.3. The van der Waals surface area contributed by atoms with E-state index in [2.05, 4.69) is 27.7 Å². The first kappa shape index (κ1) is 24.1. The summed E-state index contributed by atoms with van der Waals surface area (Å²) in [5.74, 6) is -0.137. The lowest BCUT2D eigenvalue weighted by Gasteiger charge is -2.52. The van der Waals surface area contributed by atoms with Crippen LogP contribution in [-0.2, 0) is 0 Å². The van der Waals surface area contributed by atoms with Gasteiger partial charge in [-0.25, -0.2) is 0 Å². The zero-order chi connectivity index (χ0) is 24.5. The van der Waals surface area contributed by atoms with Crippen LogP contribution in [0.15, 0.2) is 0 Å². The largest absolute Gasteiger partial charge is 0.507 e. The normalized spacial score (nSPS) is 35.4. The zero-order valence-corrected chi connectivity index (χ0v) is 20.3. The Morgan fingerprint density at radius 3 is 2.00 bits per heavy atom. The van der Waals surface area contributed by atoms with Gasteiger partial charge >= 0.3 is 0 Å². The summed E-state index contributed by atoms with van der Waals surface area (Å²) in [6.45, 7) is 10.7. The molecule has 0 aliphatic heterocycles. The third-order valence-electron chi connectivity index (χ3n) is 9.43. The number of carbonyl (C=O) groups is 2. The summed E-state index contributed by atoms with van der Waals surface area (Å²) in [4.78, 5) is 23.4. The molecule has 3 unspecified atom stereocenters. The Labute approximate surface area is 196 Å². The van der Waals surface area contributed by atoms with Gasteiger partial charge in [-0.05, 0) is 85.9 Å². The van der Waals surface area contributed by atoms with Crippen LogP contribution >= 0.6 is 0 Å². The summed E-state index contributed by atoms with van der Waals surface area (Å²) >= 11 is 0. The Morgan fingerprint density at radius 2 is 1.48 bits per heavy atom. The van der Waals surface area contributed by atoms with Crippen molar-refractivity contribution >= 4 is 12.6 Å². The first-order chi connectivity index (χ1) is 15.4. The number of phenolic OH excluding ortho intramolecular Hbond substituents is 3. The third-order valence-corrected chi connectivity index (χ3v) is 9.43. The van der Waals surface area contributed by atoms with Crippen LogP contribution < -0.4 is 0 Å². The standard InChI is InChI=1S/C27H38O6/c1-13(2)10-16(20-24(31)17(11-28)23(30)18(12-29)25(20)32)14-8-9-27(5,33)21-15(14)6-7-19-22(21)26(19,3)4/h11-16,19,21-22,30-33H,6-10H2,1-5H3/t14-,15+,16+,19?,21+,22?,27?/m1/s1. The molecule has 3 aliphatic rings. The molecule has 0 heterocycles. The van der Waals surface area contributed by atoms with Crippen molar-refractivity contribution in [1.29, 1.82) is 0 Å². The molecule has 3 saturated carbocycles. The van der Waals surface area contributed by atoms with Gasteiger partial charge in [0, 0.05) is 5.56 Å². The van der Waals surface area contributed by atoms with Gasteiger partial charge in [-0.3, -0.25) is 9.59 Å². The highest BCUT2D eigenvalue weighted by Crippen LogP contribution is 2.73. The van der Waals surface area contributed by atoms with Crippen LogP contribution in [0.3, 0.4) is 0 Å². The van der Waals surface area contributed by atoms with E-state index in [-0.39, 0.29) is 51.7 Å². The van der Waals surface area contributed by atoms with E-state index in [0.717, 1.165) is 19.3 Å². The van der Waals surface area contributed by atoms with E-state index in [9.17, 15) is 30.0 Å². The maximum Gasteiger partial charge on any atom is 0.157 e. The maximum absolute atomic E-state index is 11.7. The number of phenols is 3. The number of aliphatic hydroxyl groups is 1. The molecular weight excluding hydrogens is 420 g/mol. The summed E-state index contributed by atoms with van der Waals surface area (Å²) in [6, 6.07) is 0. The van der Waals surface area contributed by atoms with Gasteiger partial charge < -0.3 is 20.4 Å². The molecule has 0 aromatic heterocycles. The summed E-state index contributed by atoms with van der Waals surface area (Å²) in [5, 5.41) is 43.7. The fraction of sp³-hybridized carbons (Fsp3) is 0.704. The molecule has 6 heteroatoms. The maximum atomic E-state index is 11.7. The van der Waals surface area contributed by atoms with Gasteiger partial charge in [0.15, 0.2) is 12.6 Å². The van der Waals surface area contributed by atoms with Crippen molar-refractivity contribution in [2.45, 2.75) is 78.2 Å². The van der Waals surface area contributed by atoms with E-state index >= 15 is 0 Å². The van der Waals surface area contributed by atoms with Crippen molar-refractivity contribution in [1.82, 2.24) is 0 Å². The fourth-order valence-corrected chi connectivity index (χ4v) is 7.90. The Kier molecular flexibility index (Phi) is 5.83. The van der Waals surface area contributed by atoms with Gasteiger partial charge in [0.05, 0.1) is 16.7 Å². The van der Waals surface area contributed by atoms with E-state index in [1.807, 2.05) is 6.92 Å². The average Bonchev–Trinajstić information content (AvgIpc) is 3.28. The highest BCUT2D eigenvalue weighted by atomic mass is 16.3. The van der Waals surface area contributed by atoms with Crippen molar-refractivity contribution < 1.29 is 30.0 Å². The van der Waals surface area contributed by atoms with Crippen molar-refractivity contribution in [2.75, 3.05) is 0 Å². The lowest BCUT2D eigenvalue weighted by atomic mass is 9.55. The van der Waals surface area contributed by atoms with Gasteiger partial charge in [0.2, 0.25) is 0 Å². The molecule has 4 N–H and O–H groups in total. The fourth-order valence-electron chi connectivity index (χ4n) is 7.90. The summed E-state index contributed by atoms with van der Waals surface area (Å²) in [7, 11) is 0. The highest BCUT2D eigenvalue weighted by Gasteiger charge is 2.68. The number of hydrogen-bond acceptors (Lipinski definition) is 6. The molecule has 0 radical (unpaired) electrons. The number of benzene rings is 1. The number of aldehydes is 2. The Hall–Kier alpha value is -2.08. The average molecular weight is 459 g/mol. The van der Waals surface area contributed by atoms with Crippen LogP contribution in [0.1, 0.15) is 98.9 Å². The van der Waals surface area contributed by atoms with Crippen LogP contribution in [0.4, 0.5) is 0 Å². The van der Waals surface area contributed by atoms with Crippen LogP contribution in [0.5, 0.6) is 17.2 Å². The number of hydrogen-bond donors (Lipinski definition) is 4.